The number of rotatable bonds is 7. The van der Waals surface area contributed by atoms with Crippen molar-refractivity contribution in [3.63, 3.8) is 0 Å². The highest BCUT2D eigenvalue weighted by Gasteiger charge is 2.16. The molecule has 2 N–H and O–H groups in total. The van der Waals surface area contributed by atoms with Crippen LogP contribution in [0.4, 0.5) is 0 Å². The molecule has 0 bridgehead atoms. The maximum Gasteiger partial charge on any atom is 0.191 e. The maximum absolute atomic E-state index is 5.90. The van der Waals surface area contributed by atoms with Crippen LogP contribution in [-0.2, 0) is 0 Å². The topological polar surface area (TPSA) is 48.9 Å². The number of piperidine rings is 1. The molecule has 148 valence electrons. The van der Waals surface area contributed by atoms with Crippen LogP contribution in [0.3, 0.4) is 0 Å². The van der Waals surface area contributed by atoms with Gasteiger partial charge in [0.2, 0.25) is 0 Å². The fraction of sp³-hybridized carbons (Fsp3) is 0.632. The molecule has 0 aliphatic carbocycles. The van der Waals surface area contributed by atoms with Gasteiger partial charge in [-0.3, -0.25) is 0 Å². The number of ether oxygens (including phenoxy) is 1. The van der Waals surface area contributed by atoms with Crippen molar-refractivity contribution in [3.8, 4) is 5.75 Å². The van der Waals surface area contributed by atoms with Crippen LogP contribution < -0.4 is 15.4 Å². The largest absolute Gasteiger partial charge is 0.489 e. The summed E-state index contributed by atoms with van der Waals surface area (Å²) in [6.45, 7) is 8.92. The molecular weight excluding hydrogens is 463 g/mol. The average molecular weight is 495 g/mol. The Bertz CT molecular complexity index is 533. The molecule has 1 unspecified atom stereocenters. The molecule has 5 nitrogen and oxygen atoms in total. The molecule has 1 aliphatic rings. The van der Waals surface area contributed by atoms with Gasteiger partial charge >= 0.3 is 0 Å². The summed E-state index contributed by atoms with van der Waals surface area (Å²) < 4.78 is 5.88. The lowest BCUT2D eigenvalue weighted by Crippen LogP contribution is -2.42. The Balaban J connectivity index is 0.00000338. The summed E-state index contributed by atoms with van der Waals surface area (Å²) in [5.41, 5.74) is 0. The minimum absolute atomic E-state index is 0. The third kappa shape index (κ3) is 8.77. The quantitative estimate of drug-likeness (QED) is 0.345. The smallest absolute Gasteiger partial charge is 0.191 e. The molecule has 1 heterocycles. The molecule has 7 heteroatoms. The summed E-state index contributed by atoms with van der Waals surface area (Å²) in [6, 6.07) is 7.43. The average Bonchev–Trinajstić information content (AvgIpc) is 2.61. The molecule has 1 aliphatic heterocycles. The van der Waals surface area contributed by atoms with Gasteiger partial charge in [-0.05, 0) is 77.0 Å². The lowest BCUT2D eigenvalue weighted by atomic mass is 9.97. The van der Waals surface area contributed by atoms with Gasteiger partial charge in [0.05, 0.1) is 6.54 Å². The summed E-state index contributed by atoms with van der Waals surface area (Å²) in [4.78, 5) is 7.05. The predicted molar refractivity (Wildman–Crippen MR) is 121 cm³/mol. The van der Waals surface area contributed by atoms with Crippen LogP contribution in [0.2, 0.25) is 5.02 Å². The lowest BCUT2D eigenvalue weighted by molar-refractivity contribution is 0.219. The van der Waals surface area contributed by atoms with Gasteiger partial charge in [0.1, 0.15) is 11.9 Å². The van der Waals surface area contributed by atoms with Crippen LogP contribution in [0.5, 0.6) is 5.75 Å². The van der Waals surface area contributed by atoms with Crippen molar-refractivity contribution in [1.82, 2.24) is 15.5 Å². The van der Waals surface area contributed by atoms with Crippen molar-refractivity contribution in [3.05, 3.63) is 29.3 Å². The Morgan fingerprint density at radius 2 is 1.92 bits per heavy atom. The number of likely N-dealkylation sites (tertiary alicyclic amines) is 1. The zero-order chi connectivity index (χ0) is 18.1. The number of guanidine groups is 1. The summed E-state index contributed by atoms with van der Waals surface area (Å²) >= 11 is 5.90. The van der Waals surface area contributed by atoms with E-state index in [1.165, 1.54) is 25.9 Å². The van der Waals surface area contributed by atoms with Gasteiger partial charge in [-0.25, -0.2) is 4.99 Å². The molecular formula is C19H32ClIN4O. The molecule has 1 fully saturated rings. The molecule has 1 atom stereocenters. The van der Waals surface area contributed by atoms with E-state index in [0.29, 0.717) is 11.6 Å². The molecule has 0 aromatic heterocycles. The zero-order valence-electron chi connectivity index (χ0n) is 16.0. The Kier molecular flexibility index (Phi) is 11.3. The van der Waals surface area contributed by atoms with E-state index in [2.05, 4.69) is 34.5 Å². The Hall–Kier alpha value is -0.730. The first-order chi connectivity index (χ1) is 12.1. The molecule has 1 saturated heterocycles. The van der Waals surface area contributed by atoms with Crippen LogP contribution >= 0.6 is 35.6 Å². The first kappa shape index (κ1) is 23.3. The number of benzene rings is 1. The second kappa shape index (κ2) is 12.6. The van der Waals surface area contributed by atoms with Crippen molar-refractivity contribution in [2.75, 3.05) is 39.8 Å². The van der Waals surface area contributed by atoms with Crippen molar-refractivity contribution >= 4 is 41.5 Å². The van der Waals surface area contributed by atoms with Crippen molar-refractivity contribution < 1.29 is 4.74 Å². The first-order valence-corrected chi connectivity index (χ1v) is 9.57. The Morgan fingerprint density at radius 3 is 2.54 bits per heavy atom. The Labute approximate surface area is 179 Å². The SMILES string of the molecule is CCNC(=NCC(C)Oc1ccc(Cl)cc1)NCC1CCN(C)CC1.I. The summed E-state index contributed by atoms with van der Waals surface area (Å²) in [5.74, 6) is 2.41. The van der Waals surface area contributed by atoms with Crippen LogP contribution in [0.1, 0.15) is 26.7 Å². The van der Waals surface area contributed by atoms with E-state index in [1.54, 1.807) is 0 Å². The molecule has 0 amide bonds. The van der Waals surface area contributed by atoms with E-state index >= 15 is 0 Å². The minimum atomic E-state index is -0.0000354. The van der Waals surface area contributed by atoms with Crippen LogP contribution in [-0.4, -0.2) is 56.7 Å². The molecule has 1 aromatic rings. The number of halogens is 2. The summed E-state index contributed by atoms with van der Waals surface area (Å²) in [5, 5.41) is 7.51. The van der Waals surface area contributed by atoms with Crippen LogP contribution in [0.15, 0.2) is 29.3 Å². The minimum Gasteiger partial charge on any atom is -0.489 e. The van der Waals surface area contributed by atoms with E-state index in [4.69, 9.17) is 16.3 Å². The monoisotopic (exact) mass is 494 g/mol. The van der Waals surface area contributed by atoms with E-state index < -0.39 is 0 Å². The highest BCUT2D eigenvalue weighted by Crippen LogP contribution is 2.17. The number of aliphatic imine (C=N–C) groups is 1. The Morgan fingerprint density at radius 1 is 1.27 bits per heavy atom. The molecule has 0 saturated carbocycles. The summed E-state index contributed by atoms with van der Waals surface area (Å²) in [6.07, 6.45) is 2.50. The molecule has 26 heavy (non-hydrogen) atoms. The van der Waals surface area contributed by atoms with Crippen molar-refractivity contribution in [2.24, 2.45) is 10.9 Å². The second-order valence-electron chi connectivity index (χ2n) is 6.73. The van der Waals surface area contributed by atoms with Crippen molar-refractivity contribution in [1.29, 1.82) is 0 Å². The number of hydrogen-bond acceptors (Lipinski definition) is 3. The van der Waals surface area contributed by atoms with Crippen LogP contribution in [0.25, 0.3) is 0 Å². The number of nitrogens with one attached hydrogen (secondary N) is 2. The van der Waals surface area contributed by atoms with Gasteiger partial charge < -0.3 is 20.3 Å². The summed E-state index contributed by atoms with van der Waals surface area (Å²) in [7, 11) is 2.19. The van der Waals surface area contributed by atoms with Gasteiger partial charge in [0.15, 0.2) is 5.96 Å². The van der Waals surface area contributed by atoms with Crippen LogP contribution in [0, 0.1) is 5.92 Å². The maximum atomic E-state index is 5.90. The molecule has 2 rings (SSSR count). The van der Waals surface area contributed by atoms with E-state index in [-0.39, 0.29) is 30.1 Å². The molecule has 0 radical (unpaired) electrons. The molecule has 1 aromatic carbocycles. The number of hydrogen-bond donors (Lipinski definition) is 2. The highest BCUT2D eigenvalue weighted by atomic mass is 127. The van der Waals surface area contributed by atoms with Gasteiger partial charge in [-0.15, -0.1) is 24.0 Å². The zero-order valence-corrected chi connectivity index (χ0v) is 19.1. The van der Waals surface area contributed by atoms with E-state index in [1.807, 2.05) is 31.2 Å². The van der Waals surface area contributed by atoms with Crippen molar-refractivity contribution in [2.45, 2.75) is 32.8 Å². The van der Waals surface area contributed by atoms with Gasteiger partial charge in [-0.2, -0.15) is 0 Å². The fourth-order valence-corrected chi connectivity index (χ4v) is 2.98. The predicted octanol–water partition coefficient (Wildman–Crippen LogP) is 3.62. The molecule has 0 spiro atoms. The third-order valence-electron chi connectivity index (χ3n) is 4.40. The van der Waals surface area contributed by atoms with Gasteiger partial charge in [-0.1, -0.05) is 11.6 Å². The second-order valence-corrected chi connectivity index (χ2v) is 7.17. The fourth-order valence-electron chi connectivity index (χ4n) is 2.85. The van der Waals surface area contributed by atoms with Gasteiger partial charge in [0, 0.05) is 18.1 Å². The lowest BCUT2D eigenvalue weighted by Gasteiger charge is -2.29. The normalized spacial score (nSPS) is 17.3. The highest BCUT2D eigenvalue weighted by molar-refractivity contribution is 14.0. The van der Waals surface area contributed by atoms with E-state index in [0.717, 1.165) is 30.7 Å². The van der Waals surface area contributed by atoms with E-state index in [9.17, 15) is 0 Å². The first-order valence-electron chi connectivity index (χ1n) is 9.19. The third-order valence-corrected chi connectivity index (χ3v) is 4.65. The van der Waals surface area contributed by atoms with Gasteiger partial charge in [0.25, 0.3) is 0 Å². The standard InChI is InChI=1S/C19H31ClN4O.HI/c1-4-21-19(23-14-16-9-11-24(3)12-10-16)22-13-15(2)25-18-7-5-17(20)6-8-18;/h5-8,15-16H,4,9-14H2,1-3H3,(H2,21,22,23);1H. The number of nitrogens with zero attached hydrogens (tertiary/aromatic N) is 2.